The van der Waals surface area contributed by atoms with Gasteiger partial charge < -0.3 is 15.8 Å². The lowest BCUT2D eigenvalue weighted by Gasteiger charge is -2.34. The number of hydrogen-bond donors (Lipinski definition) is 2. The van der Waals surface area contributed by atoms with Crippen LogP contribution in [0.1, 0.15) is 6.92 Å². The first-order valence-electron chi connectivity index (χ1n) is 6.80. The molecular formula is C14H19Cl2N3O2. The number of ether oxygens (including phenoxy) is 1. The number of carbonyl (C=O) groups excluding carboxylic acids is 1. The van der Waals surface area contributed by atoms with Crippen LogP contribution in [-0.4, -0.2) is 49.2 Å². The third kappa shape index (κ3) is 4.56. The van der Waals surface area contributed by atoms with Gasteiger partial charge in [-0.15, -0.1) is 0 Å². The van der Waals surface area contributed by atoms with E-state index in [4.69, 9.17) is 33.7 Å². The molecule has 0 spiro atoms. The molecule has 1 amide bonds. The van der Waals surface area contributed by atoms with Gasteiger partial charge in [0.25, 0.3) is 0 Å². The summed E-state index contributed by atoms with van der Waals surface area (Å²) in [6.45, 7) is 4.08. The van der Waals surface area contributed by atoms with Gasteiger partial charge in [-0.2, -0.15) is 0 Å². The summed E-state index contributed by atoms with van der Waals surface area (Å²) >= 11 is 12.1. The van der Waals surface area contributed by atoms with E-state index in [2.05, 4.69) is 5.32 Å². The van der Waals surface area contributed by atoms with Crippen molar-refractivity contribution in [3.05, 3.63) is 28.2 Å². The zero-order valence-electron chi connectivity index (χ0n) is 11.8. The minimum Gasteiger partial charge on any atom is -0.374 e. The quantitative estimate of drug-likeness (QED) is 0.885. The summed E-state index contributed by atoms with van der Waals surface area (Å²) in [6.07, 6.45) is -0.0459. The number of nitrogens with two attached hydrogens (primary N) is 1. The average Bonchev–Trinajstić information content (AvgIpc) is 2.43. The van der Waals surface area contributed by atoms with Crippen molar-refractivity contribution in [3.8, 4) is 0 Å². The van der Waals surface area contributed by atoms with Crippen molar-refractivity contribution in [2.75, 3.05) is 31.6 Å². The molecule has 1 heterocycles. The van der Waals surface area contributed by atoms with Gasteiger partial charge in [0.15, 0.2) is 0 Å². The second-order valence-electron chi connectivity index (χ2n) is 5.15. The van der Waals surface area contributed by atoms with E-state index in [1.807, 2.05) is 11.8 Å². The van der Waals surface area contributed by atoms with E-state index in [0.717, 1.165) is 0 Å². The molecule has 0 aliphatic carbocycles. The molecule has 116 valence electrons. The Morgan fingerprint density at radius 1 is 1.52 bits per heavy atom. The molecule has 1 aliphatic heterocycles. The second-order valence-corrected chi connectivity index (χ2v) is 5.96. The maximum Gasteiger partial charge on any atom is 0.238 e. The summed E-state index contributed by atoms with van der Waals surface area (Å²) in [5.41, 5.74) is 6.28. The van der Waals surface area contributed by atoms with Crippen molar-refractivity contribution in [2.45, 2.75) is 19.1 Å². The highest BCUT2D eigenvalue weighted by Crippen LogP contribution is 2.29. The molecule has 1 aliphatic rings. The van der Waals surface area contributed by atoms with E-state index in [1.165, 1.54) is 0 Å². The fraction of sp³-hybridized carbons (Fsp3) is 0.500. The van der Waals surface area contributed by atoms with E-state index in [-0.39, 0.29) is 24.6 Å². The Kier molecular flexibility index (Phi) is 5.84. The normalized spacial score (nSPS) is 21.0. The highest BCUT2D eigenvalue weighted by molar-refractivity contribution is 6.39. The van der Waals surface area contributed by atoms with Crippen LogP contribution in [0.3, 0.4) is 0 Å². The van der Waals surface area contributed by atoms with Crippen LogP contribution in [0.4, 0.5) is 5.69 Å². The molecule has 0 saturated carbocycles. The molecule has 2 unspecified atom stereocenters. The fourth-order valence-corrected chi connectivity index (χ4v) is 2.68. The van der Waals surface area contributed by atoms with Crippen molar-refractivity contribution < 1.29 is 9.53 Å². The number of nitrogens with one attached hydrogen (secondary N) is 1. The first kappa shape index (κ1) is 16.5. The molecule has 1 saturated heterocycles. The number of benzene rings is 1. The van der Waals surface area contributed by atoms with Gasteiger partial charge >= 0.3 is 0 Å². The monoisotopic (exact) mass is 331 g/mol. The highest BCUT2D eigenvalue weighted by Gasteiger charge is 2.24. The average molecular weight is 332 g/mol. The first-order chi connectivity index (χ1) is 9.97. The molecule has 1 aromatic carbocycles. The van der Waals surface area contributed by atoms with Crippen LogP contribution in [0.5, 0.6) is 0 Å². The van der Waals surface area contributed by atoms with Gasteiger partial charge in [0, 0.05) is 19.1 Å². The van der Waals surface area contributed by atoms with Gasteiger partial charge in [-0.1, -0.05) is 29.3 Å². The molecule has 0 bridgehead atoms. The number of nitrogens with zero attached hydrogens (tertiary/aromatic N) is 1. The number of para-hydroxylation sites is 1. The maximum absolute atomic E-state index is 12.1. The van der Waals surface area contributed by atoms with Crippen molar-refractivity contribution in [1.29, 1.82) is 0 Å². The molecule has 0 radical (unpaired) electrons. The first-order valence-corrected chi connectivity index (χ1v) is 7.56. The number of hydrogen-bond acceptors (Lipinski definition) is 4. The summed E-state index contributed by atoms with van der Waals surface area (Å²) in [7, 11) is 0. The molecule has 3 N–H and O–H groups in total. The highest BCUT2D eigenvalue weighted by atomic mass is 35.5. The number of halogens is 2. The summed E-state index contributed by atoms with van der Waals surface area (Å²) < 4.78 is 5.57. The van der Waals surface area contributed by atoms with E-state index >= 15 is 0 Å². The summed E-state index contributed by atoms with van der Waals surface area (Å²) in [4.78, 5) is 14.1. The van der Waals surface area contributed by atoms with Gasteiger partial charge in [0.1, 0.15) is 0 Å². The van der Waals surface area contributed by atoms with E-state index in [9.17, 15) is 4.79 Å². The molecule has 5 nitrogen and oxygen atoms in total. The van der Waals surface area contributed by atoms with E-state index < -0.39 is 0 Å². The number of rotatable bonds is 4. The predicted octanol–water partition coefficient (Wildman–Crippen LogP) is 1.98. The molecule has 2 atom stereocenters. The molecular weight excluding hydrogens is 313 g/mol. The molecule has 7 heteroatoms. The number of amides is 1. The minimum absolute atomic E-state index is 0.0459. The van der Waals surface area contributed by atoms with Crippen LogP contribution < -0.4 is 11.1 Å². The Morgan fingerprint density at radius 2 is 2.19 bits per heavy atom. The van der Waals surface area contributed by atoms with Crippen LogP contribution >= 0.6 is 23.2 Å². The molecule has 1 fully saturated rings. The Bertz CT molecular complexity index is 491. The van der Waals surface area contributed by atoms with E-state index in [0.29, 0.717) is 35.4 Å². The summed E-state index contributed by atoms with van der Waals surface area (Å²) in [5.74, 6) is -0.157. The Balaban J connectivity index is 1.93. The van der Waals surface area contributed by atoms with Gasteiger partial charge in [-0.3, -0.25) is 9.69 Å². The van der Waals surface area contributed by atoms with Crippen molar-refractivity contribution >= 4 is 34.8 Å². The van der Waals surface area contributed by atoms with Gasteiger partial charge in [0.2, 0.25) is 5.91 Å². The zero-order valence-corrected chi connectivity index (χ0v) is 13.3. The Labute approximate surface area is 134 Å². The second kappa shape index (κ2) is 7.42. The lowest BCUT2D eigenvalue weighted by molar-refractivity contribution is -0.119. The van der Waals surface area contributed by atoms with Crippen LogP contribution in [0.2, 0.25) is 10.0 Å². The Morgan fingerprint density at radius 3 is 2.81 bits per heavy atom. The minimum atomic E-state index is -0.157. The van der Waals surface area contributed by atoms with Crippen LogP contribution in [0.25, 0.3) is 0 Å². The largest absolute Gasteiger partial charge is 0.374 e. The maximum atomic E-state index is 12.1. The van der Waals surface area contributed by atoms with Crippen molar-refractivity contribution in [2.24, 2.45) is 5.73 Å². The van der Waals surface area contributed by atoms with Crippen molar-refractivity contribution in [1.82, 2.24) is 4.90 Å². The Hall–Kier alpha value is -0.850. The fourth-order valence-electron chi connectivity index (χ4n) is 2.19. The summed E-state index contributed by atoms with van der Waals surface area (Å²) in [5, 5.41) is 3.60. The topological polar surface area (TPSA) is 67.6 Å². The number of morpholine rings is 1. The van der Waals surface area contributed by atoms with Gasteiger partial charge in [-0.05, 0) is 19.1 Å². The molecule has 0 aromatic heterocycles. The number of anilines is 1. The van der Waals surface area contributed by atoms with Gasteiger partial charge in [-0.25, -0.2) is 0 Å². The van der Waals surface area contributed by atoms with Crippen molar-refractivity contribution in [3.63, 3.8) is 0 Å². The molecule has 21 heavy (non-hydrogen) atoms. The standard InChI is InChI=1S/C14H19Cl2N3O2/c1-9(17)12-7-19(5-6-21-12)8-13(20)18-14-10(15)3-2-4-11(14)16/h2-4,9,12H,5-8,17H2,1H3,(H,18,20). The van der Waals surface area contributed by atoms with Crippen LogP contribution in [-0.2, 0) is 9.53 Å². The number of carbonyl (C=O) groups is 1. The lowest BCUT2D eigenvalue weighted by atomic mass is 10.1. The SMILES string of the molecule is CC(N)C1CN(CC(=O)Nc2c(Cl)cccc2Cl)CCO1. The van der Waals surface area contributed by atoms with Crippen LogP contribution in [0, 0.1) is 0 Å². The van der Waals surface area contributed by atoms with Crippen LogP contribution in [0.15, 0.2) is 18.2 Å². The zero-order chi connectivity index (χ0) is 15.4. The summed E-state index contributed by atoms with van der Waals surface area (Å²) in [6, 6.07) is 5.04. The molecule has 2 rings (SSSR count). The lowest BCUT2D eigenvalue weighted by Crippen LogP contribution is -2.51. The predicted molar refractivity (Wildman–Crippen MR) is 84.9 cm³/mol. The molecule has 1 aromatic rings. The third-order valence-electron chi connectivity index (χ3n) is 3.36. The van der Waals surface area contributed by atoms with E-state index in [1.54, 1.807) is 18.2 Å². The third-order valence-corrected chi connectivity index (χ3v) is 3.99. The smallest absolute Gasteiger partial charge is 0.238 e. The van der Waals surface area contributed by atoms with Gasteiger partial charge in [0.05, 0.1) is 35.0 Å².